The van der Waals surface area contributed by atoms with Crippen molar-refractivity contribution >= 4 is 62.9 Å². The maximum atomic E-state index is 6.33. The Hall–Kier alpha value is -4.44. The molecule has 2 N–H and O–H groups in total. The lowest BCUT2D eigenvalue weighted by atomic mass is 9.33. The van der Waals surface area contributed by atoms with E-state index in [1.807, 2.05) is 6.07 Å². The minimum atomic E-state index is 0.137. The number of benzene rings is 5. The summed E-state index contributed by atoms with van der Waals surface area (Å²) in [5.41, 5.74) is 18.1. The highest BCUT2D eigenvalue weighted by atomic mass is 15.2. The van der Waals surface area contributed by atoms with Crippen molar-refractivity contribution in [2.45, 2.75) is 0 Å². The molecule has 0 aliphatic carbocycles. The number of rotatable bonds is 2. The van der Waals surface area contributed by atoms with Gasteiger partial charge in [-0.1, -0.05) is 66.7 Å². The first-order chi connectivity index (χ1) is 16.8. The average Bonchev–Trinajstić information content (AvgIpc) is 2.89. The maximum absolute atomic E-state index is 6.33. The minimum Gasteiger partial charge on any atom is -0.399 e. The van der Waals surface area contributed by atoms with Gasteiger partial charge in [-0.2, -0.15) is 0 Å². The van der Waals surface area contributed by atoms with E-state index in [2.05, 4.69) is 125 Å². The Bertz CT molecular complexity index is 1530. The molecule has 2 aliphatic rings. The first-order valence-corrected chi connectivity index (χ1v) is 11.6. The van der Waals surface area contributed by atoms with Crippen molar-refractivity contribution in [1.82, 2.24) is 0 Å². The summed E-state index contributed by atoms with van der Waals surface area (Å²) >= 11 is 0. The topological polar surface area (TPSA) is 32.5 Å². The summed E-state index contributed by atoms with van der Waals surface area (Å²) in [7, 11) is 0. The fraction of sp³-hybridized carbons (Fsp3) is 0. The molecular formula is C30H22BN3. The highest BCUT2D eigenvalue weighted by Gasteiger charge is 2.42. The normalized spacial score (nSPS) is 13.2. The van der Waals surface area contributed by atoms with Gasteiger partial charge in [-0.15, -0.1) is 0 Å². The first-order valence-electron chi connectivity index (χ1n) is 11.6. The molecule has 0 atom stereocenters. The van der Waals surface area contributed by atoms with Crippen LogP contribution in [0.25, 0.3) is 0 Å². The molecule has 5 aromatic carbocycles. The van der Waals surface area contributed by atoms with Gasteiger partial charge in [-0.05, 0) is 71.0 Å². The predicted octanol–water partition coefficient (Wildman–Crippen LogP) is 5.35. The van der Waals surface area contributed by atoms with Crippen molar-refractivity contribution in [2.24, 2.45) is 0 Å². The number of hydrogen-bond acceptors (Lipinski definition) is 3. The van der Waals surface area contributed by atoms with Crippen molar-refractivity contribution in [3.05, 3.63) is 121 Å². The van der Waals surface area contributed by atoms with E-state index in [0.29, 0.717) is 0 Å². The van der Waals surface area contributed by atoms with Crippen LogP contribution in [0.15, 0.2) is 121 Å². The fourth-order valence-corrected chi connectivity index (χ4v) is 5.61. The summed E-state index contributed by atoms with van der Waals surface area (Å²) in [6.07, 6.45) is 0. The van der Waals surface area contributed by atoms with Crippen LogP contribution >= 0.6 is 0 Å². The molecule has 0 unspecified atom stereocenters. The lowest BCUT2D eigenvalue weighted by molar-refractivity contribution is 1.25. The van der Waals surface area contributed by atoms with Gasteiger partial charge in [0.15, 0.2) is 0 Å². The summed E-state index contributed by atoms with van der Waals surface area (Å²) in [4.78, 5) is 4.76. The number of nitrogen functional groups attached to an aromatic ring is 1. The minimum absolute atomic E-state index is 0.137. The van der Waals surface area contributed by atoms with E-state index in [-0.39, 0.29) is 6.71 Å². The van der Waals surface area contributed by atoms with E-state index in [1.165, 1.54) is 33.5 Å². The number of nitrogens with zero attached hydrogens (tertiary/aromatic N) is 2. The van der Waals surface area contributed by atoms with Gasteiger partial charge in [0.25, 0.3) is 6.71 Å². The molecule has 0 spiro atoms. The first kappa shape index (κ1) is 19.1. The molecule has 0 radical (unpaired) electrons. The zero-order valence-corrected chi connectivity index (χ0v) is 18.6. The summed E-state index contributed by atoms with van der Waals surface area (Å²) in [5.74, 6) is 0. The van der Waals surface area contributed by atoms with Gasteiger partial charge in [-0.25, -0.2) is 0 Å². The standard InChI is InChI=1S/C30H22BN3/c32-21-18-19-25-29(20-21)34(23-12-5-2-6-13-23)28-17-9-16-27-30(28)31(25)24-14-7-8-15-26(24)33(27)22-10-3-1-4-11-22/h1-20H,32H2. The van der Waals surface area contributed by atoms with Crippen LogP contribution in [0.1, 0.15) is 0 Å². The number of fused-ring (bicyclic) bond motifs is 4. The molecule has 7 rings (SSSR count). The molecule has 0 aromatic heterocycles. The third-order valence-corrected chi connectivity index (χ3v) is 6.95. The van der Waals surface area contributed by atoms with E-state index < -0.39 is 0 Å². The SMILES string of the molecule is Nc1ccc2c(c1)N(c1ccccc1)c1cccc3c1B2c1ccccc1N3c1ccccc1. The molecule has 4 heteroatoms. The van der Waals surface area contributed by atoms with Gasteiger partial charge < -0.3 is 15.5 Å². The fourth-order valence-electron chi connectivity index (χ4n) is 5.61. The van der Waals surface area contributed by atoms with Crippen LogP contribution in [-0.4, -0.2) is 6.71 Å². The number of hydrogen-bond donors (Lipinski definition) is 1. The molecule has 2 aliphatic heterocycles. The van der Waals surface area contributed by atoms with Gasteiger partial charge in [-0.3, -0.25) is 0 Å². The zero-order chi connectivity index (χ0) is 22.6. The van der Waals surface area contributed by atoms with Crippen molar-refractivity contribution in [3.63, 3.8) is 0 Å². The van der Waals surface area contributed by atoms with Gasteiger partial charge in [0.2, 0.25) is 0 Å². The predicted molar refractivity (Wildman–Crippen MR) is 145 cm³/mol. The van der Waals surface area contributed by atoms with Gasteiger partial charge in [0.1, 0.15) is 0 Å². The quantitative estimate of drug-likeness (QED) is 0.294. The molecule has 0 saturated carbocycles. The molecular weight excluding hydrogens is 413 g/mol. The van der Waals surface area contributed by atoms with Crippen molar-refractivity contribution in [1.29, 1.82) is 0 Å². The summed E-state index contributed by atoms with van der Waals surface area (Å²) in [6.45, 7) is 0.137. The molecule has 0 fully saturated rings. The van der Waals surface area contributed by atoms with Crippen molar-refractivity contribution < 1.29 is 0 Å². The highest BCUT2D eigenvalue weighted by molar-refractivity contribution is 7.00. The van der Waals surface area contributed by atoms with Crippen LogP contribution < -0.4 is 31.9 Å². The maximum Gasteiger partial charge on any atom is 0.252 e. The second kappa shape index (κ2) is 7.29. The Morgan fingerprint density at radius 1 is 0.471 bits per heavy atom. The van der Waals surface area contributed by atoms with E-state index >= 15 is 0 Å². The van der Waals surface area contributed by atoms with E-state index in [1.54, 1.807) is 0 Å². The Labute approximate surface area is 199 Å². The Morgan fingerprint density at radius 3 is 1.68 bits per heavy atom. The summed E-state index contributed by atoms with van der Waals surface area (Å²) < 4.78 is 0. The van der Waals surface area contributed by atoms with Crippen LogP contribution in [0, 0.1) is 0 Å². The monoisotopic (exact) mass is 435 g/mol. The van der Waals surface area contributed by atoms with Crippen molar-refractivity contribution in [3.8, 4) is 0 Å². The second-order valence-corrected chi connectivity index (χ2v) is 8.86. The average molecular weight is 435 g/mol. The van der Waals surface area contributed by atoms with Crippen LogP contribution in [-0.2, 0) is 0 Å². The number of para-hydroxylation sites is 3. The van der Waals surface area contributed by atoms with E-state index in [4.69, 9.17) is 5.73 Å². The van der Waals surface area contributed by atoms with E-state index in [9.17, 15) is 0 Å². The van der Waals surface area contributed by atoms with Crippen LogP contribution in [0.3, 0.4) is 0 Å². The molecule has 3 nitrogen and oxygen atoms in total. The van der Waals surface area contributed by atoms with Gasteiger partial charge >= 0.3 is 0 Å². The highest BCUT2D eigenvalue weighted by Crippen LogP contribution is 2.43. The third-order valence-electron chi connectivity index (χ3n) is 6.95. The summed E-state index contributed by atoms with van der Waals surface area (Å²) in [6, 6.07) is 43.0. The molecule has 2 heterocycles. The second-order valence-electron chi connectivity index (χ2n) is 8.86. The Kier molecular flexibility index (Phi) is 4.09. The third kappa shape index (κ3) is 2.66. The number of nitrogens with two attached hydrogens (primary N) is 1. The molecule has 0 amide bonds. The Balaban J connectivity index is 1.59. The number of anilines is 7. The lowest BCUT2D eigenvalue weighted by Gasteiger charge is -2.44. The molecule has 5 aromatic rings. The molecule has 160 valence electrons. The molecule has 34 heavy (non-hydrogen) atoms. The smallest absolute Gasteiger partial charge is 0.252 e. The van der Waals surface area contributed by atoms with Crippen molar-refractivity contribution in [2.75, 3.05) is 15.5 Å². The van der Waals surface area contributed by atoms with Crippen LogP contribution in [0.2, 0.25) is 0 Å². The van der Waals surface area contributed by atoms with Crippen LogP contribution in [0.5, 0.6) is 0 Å². The lowest BCUT2D eigenvalue weighted by Crippen LogP contribution is -2.61. The summed E-state index contributed by atoms with van der Waals surface area (Å²) in [5, 5.41) is 0. The Morgan fingerprint density at radius 2 is 1.00 bits per heavy atom. The molecule has 0 saturated heterocycles. The molecule has 0 bridgehead atoms. The van der Waals surface area contributed by atoms with E-state index in [0.717, 1.165) is 22.7 Å². The van der Waals surface area contributed by atoms with Gasteiger partial charge in [0, 0.05) is 39.8 Å². The van der Waals surface area contributed by atoms with Crippen LogP contribution in [0.4, 0.5) is 39.8 Å². The largest absolute Gasteiger partial charge is 0.399 e. The zero-order valence-electron chi connectivity index (χ0n) is 18.6. The van der Waals surface area contributed by atoms with Gasteiger partial charge in [0.05, 0.1) is 0 Å².